The van der Waals surface area contributed by atoms with E-state index >= 15 is 0 Å². The number of nitrogens with one attached hydrogen (secondary N) is 1. The first-order valence-corrected chi connectivity index (χ1v) is 7.46. The summed E-state index contributed by atoms with van der Waals surface area (Å²) in [6.45, 7) is 5.16. The van der Waals surface area contributed by atoms with Crippen LogP contribution < -0.4 is 5.32 Å². The minimum absolute atomic E-state index is 0.291. The number of benzene rings is 1. The van der Waals surface area contributed by atoms with Crippen LogP contribution in [0.25, 0.3) is 0 Å². The molecule has 2 heterocycles. The number of alkyl carbamates (subject to hydrolysis) is 1. The molecule has 1 aromatic carbocycles. The fourth-order valence-electron chi connectivity index (χ4n) is 2.97. The Morgan fingerprint density at radius 1 is 1.38 bits per heavy atom. The molecule has 1 aromatic rings. The molecule has 2 aliphatic rings. The van der Waals surface area contributed by atoms with Crippen molar-refractivity contribution in [1.82, 2.24) is 10.2 Å². The molecule has 5 heteroatoms. The lowest BCUT2D eigenvalue weighted by Gasteiger charge is -2.30. The highest BCUT2D eigenvalue weighted by atomic mass is 16.5. The predicted octanol–water partition coefficient (Wildman–Crippen LogP) is 2.18. The van der Waals surface area contributed by atoms with E-state index in [9.17, 15) is 4.79 Å². The smallest absolute Gasteiger partial charge is 0.408 e. The largest absolute Gasteiger partial charge is 0.445 e. The monoisotopic (exact) mass is 287 g/mol. The second-order valence-electron chi connectivity index (χ2n) is 5.81. The van der Waals surface area contributed by atoms with E-state index < -0.39 is 5.54 Å². The molecule has 0 radical (unpaired) electrons. The van der Waals surface area contributed by atoms with Gasteiger partial charge in [-0.1, -0.05) is 30.3 Å². The molecule has 0 bridgehead atoms. The number of hydrogen-bond acceptors (Lipinski definition) is 4. The molecule has 1 amide bonds. The molecule has 21 heavy (non-hydrogen) atoms. The van der Waals surface area contributed by atoms with E-state index in [-0.39, 0.29) is 6.09 Å². The highest BCUT2D eigenvalue weighted by Crippen LogP contribution is 2.26. The van der Waals surface area contributed by atoms with Gasteiger partial charge in [-0.3, -0.25) is 4.99 Å². The number of hydrogen-bond donors (Lipinski definition) is 1. The van der Waals surface area contributed by atoms with E-state index in [0.29, 0.717) is 6.61 Å². The number of amides is 1. The number of carbonyl (C=O) groups excluding carboxylic acids is 1. The second-order valence-corrected chi connectivity index (χ2v) is 5.81. The zero-order chi connectivity index (χ0) is 14.7. The number of ether oxygens (including phenoxy) is 1. The molecular formula is C16H21N3O2. The van der Waals surface area contributed by atoms with Crippen LogP contribution in [-0.2, 0) is 11.3 Å². The van der Waals surface area contributed by atoms with Crippen LogP contribution >= 0.6 is 0 Å². The summed E-state index contributed by atoms with van der Waals surface area (Å²) in [7, 11) is 0. The number of rotatable bonds is 3. The van der Waals surface area contributed by atoms with Crippen molar-refractivity contribution in [3.8, 4) is 0 Å². The minimum Gasteiger partial charge on any atom is -0.445 e. The van der Waals surface area contributed by atoms with Crippen LogP contribution in [0.5, 0.6) is 0 Å². The van der Waals surface area contributed by atoms with Crippen LogP contribution in [0.3, 0.4) is 0 Å². The van der Waals surface area contributed by atoms with Crippen molar-refractivity contribution in [3.05, 3.63) is 35.9 Å². The van der Waals surface area contributed by atoms with Crippen molar-refractivity contribution in [1.29, 1.82) is 0 Å². The third-order valence-electron chi connectivity index (χ3n) is 4.11. The summed E-state index contributed by atoms with van der Waals surface area (Å²) in [4.78, 5) is 18.9. The quantitative estimate of drug-likeness (QED) is 0.927. The van der Waals surface area contributed by atoms with Crippen LogP contribution in [0.2, 0.25) is 0 Å². The lowest BCUT2D eigenvalue weighted by molar-refractivity contribution is 0.133. The molecule has 0 unspecified atom stereocenters. The Hall–Kier alpha value is -2.04. The van der Waals surface area contributed by atoms with Gasteiger partial charge in [0.25, 0.3) is 0 Å². The summed E-state index contributed by atoms with van der Waals surface area (Å²) in [6, 6.07) is 9.70. The summed E-state index contributed by atoms with van der Waals surface area (Å²) >= 11 is 0. The Morgan fingerprint density at radius 2 is 2.19 bits per heavy atom. The van der Waals surface area contributed by atoms with Gasteiger partial charge in [0, 0.05) is 19.6 Å². The third kappa shape index (κ3) is 3.01. The summed E-state index contributed by atoms with van der Waals surface area (Å²) in [5.74, 6) is 1.01. The zero-order valence-corrected chi connectivity index (χ0v) is 12.3. The summed E-state index contributed by atoms with van der Waals surface area (Å²) < 4.78 is 5.31. The van der Waals surface area contributed by atoms with Crippen molar-refractivity contribution in [3.63, 3.8) is 0 Å². The molecule has 5 nitrogen and oxygen atoms in total. The van der Waals surface area contributed by atoms with Gasteiger partial charge >= 0.3 is 6.09 Å². The Kier molecular flexibility index (Phi) is 3.82. The summed E-state index contributed by atoms with van der Waals surface area (Å²) in [6.07, 6.45) is 1.60. The average molecular weight is 287 g/mol. The summed E-state index contributed by atoms with van der Waals surface area (Å²) in [5, 5.41) is 2.99. The maximum absolute atomic E-state index is 12.0. The lowest BCUT2D eigenvalue weighted by Crippen LogP contribution is -2.53. The van der Waals surface area contributed by atoms with Crippen molar-refractivity contribution in [2.24, 2.45) is 4.99 Å². The number of fused-ring (bicyclic) bond motifs is 1. The van der Waals surface area contributed by atoms with E-state index in [1.54, 1.807) is 0 Å². The number of aliphatic imine (C=N–C) groups is 1. The van der Waals surface area contributed by atoms with Gasteiger partial charge < -0.3 is 15.0 Å². The van der Waals surface area contributed by atoms with E-state index in [1.165, 1.54) is 0 Å². The first-order chi connectivity index (χ1) is 10.2. The maximum Gasteiger partial charge on any atom is 0.408 e. The SMILES string of the molecule is C[C@@]1(NC(=O)OCc2ccccc2)CCN2CCCN=C21. The normalized spacial score (nSPS) is 24.2. The second kappa shape index (κ2) is 5.76. The predicted molar refractivity (Wildman–Crippen MR) is 81.3 cm³/mol. The van der Waals surface area contributed by atoms with Gasteiger partial charge in [-0.15, -0.1) is 0 Å². The molecule has 0 saturated carbocycles. The van der Waals surface area contributed by atoms with Crippen molar-refractivity contribution < 1.29 is 9.53 Å². The van der Waals surface area contributed by atoms with Gasteiger partial charge in [0.05, 0.1) is 5.54 Å². The van der Waals surface area contributed by atoms with Gasteiger partial charge in [0.15, 0.2) is 0 Å². The van der Waals surface area contributed by atoms with Crippen LogP contribution in [0, 0.1) is 0 Å². The summed E-state index contributed by atoms with van der Waals surface area (Å²) in [5.41, 5.74) is 0.592. The minimum atomic E-state index is -0.395. The highest BCUT2D eigenvalue weighted by molar-refractivity contribution is 5.96. The first kappa shape index (κ1) is 13.9. The molecule has 0 spiro atoms. The molecule has 2 aliphatic heterocycles. The Morgan fingerprint density at radius 3 is 3.00 bits per heavy atom. The highest BCUT2D eigenvalue weighted by Gasteiger charge is 2.42. The first-order valence-electron chi connectivity index (χ1n) is 7.46. The Bertz CT molecular complexity index is 544. The standard InChI is InChI=1S/C16H21N3O2/c1-16(8-11-19-10-5-9-17-14(16)19)18-15(20)21-12-13-6-3-2-4-7-13/h2-4,6-7H,5,8-12H2,1H3,(H,18,20)/t16-/m1/s1. The van der Waals surface area contributed by atoms with Crippen molar-refractivity contribution in [2.45, 2.75) is 31.9 Å². The van der Waals surface area contributed by atoms with E-state index in [0.717, 1.165) is 43.9 Å². The molecule has 1 atom stereocenters. The molecule has 0 aromatic heterocycles. The van der Waals surface area contributed by atoms with E-state index in [2.05, 4.69) is 15.2 Å². The van der Waals surface area contributed by atoms with Gasteiger partial charge in [-0.2, -0.15) is 0 Å². The van der Waals surface area contributed by atoms with Crippen LogP contribution in [-0.4, -0.2) is 42.0 Å². The average Bonchev–Trinajstić information content (AvgIpc) is 2.84. The van der Waals surface area contributed by atoms with Gasteiger partial charge in [-0.05, 0) is 25.3 Å². The van der Waals surface area contributed by atoms with Gasteiger partial charge in [0.1, 0.15) is 12.4 Å². The van der Waals surface area contributed by atoms with E-state index in [4.69, 9.17) is 4.74 Å². The third-order valence-corrected chi connectivity index (χ3v) is 4.11. The molecule has 0 aliphatic carbocycles. The Balaban J connectivity index is 1.58. The molecule has 112 valence electrons. The molecular weight excluding hydrogens is 266 g/mol. The van der Waals surface area contributed by atoms with E-state index in [1.807, 2.05) is 37.3 Å². The van der Waals surface area contributed by atoms with Crippen molar-refractivity contribution >= 4 is 11.9 Å². The Labute approximate surface area is 125 Å². The van der Waals surface area contributed by atoms with Crippen LogP contribution in [0.1, 0.15) is 25.3 Å². The van der Waals surface area contributed by atoms with Gasteiger partial charge in [0.2, 0.25) is 0 Å². The molecule has 3 rings (SSSR count). The van der Waals surface area contributed by atoms with Gasteiger partial charge in [-0.25, -0.2) is 4.79 Å². The van der Waals surface area contributed by atoms with Crippen LogP contribution in [0.4, 0.5) is 4.79 Å². The van der Waals surface area contributed by atoms with Crippen molar-refractivity contribution in [2.75, 3.05) is 19.6 Å². The number of nitrogens with zero attached hydrogens (tertiary/aromatic N) is 2. The molecule has 1 saturated heterocycles. The molecule has 1 N–H and O–H groups in total. The van der Waals surface area contributed by atoms with Crippen LogP contribution in [0.15, 0.2) is 35.3 Å². The number of amidine groups is 1. The maximum atomic E-state index is 12.0. The molecule has 1 fully saturated rings. The number of carbonyl (C=O) groups is 1. The topological polar surface area (TPSA) is 53.9 Å². The lowest BCUT2D eigenvalue weighted by atomic mass is 10.00. The zero-order valence-electron chi connectivity index (χ0n) is 12.3. The fourth-order valence-corrected chi connectivity index (χ4v) is 2.97. The fraction of sp³-hybridized carbons (Fsp3) is 0.500.